The molecule has 0 aliphatic rings. The Kier molecular flexibility index (Phi) is 7.77. The number of carbonyl (C=O) groups excluding carboxylic acids is 3. The van der Waals surface area contributed by atoms with Crippen molar-refractivity contribution < 1.29 is 19.1 Å². The molecule has 15 heavy (non-hydrogen) atoms. The average molecular weight is 212 g/mol. The Morgan fingerprint density at radius 3 is 2.53 bits per heavy atom. The molecule has 0 aliphatic carbocycles. The fourth-order valence-electron chi connectivity index (χ4n) is 1.06. The number of hydrogen-bond acceptors (Lipinski definition) is 6. The Hall–Kier alpha value is -1.77. The Morgan fingerprint density at radius 1 is 1.33 bits per heavy atom. The summed E-state index contributed by atoms with van der Waals surface area (Å²) >= 11 is 0. The van der Waals surface area contributed by atoms with Crippen LogP contribution in [0.3, 0.4) is 0 Å². The lowest BCUT2D eigenvalue weighted by Crippen LogP contribution is -2.19. The SMILES string of the molecule is COC(=O)C(CCCN=C=O)CN=C=O. The molecule has 0 aromatic heterocycles. The third kappa shape index (κ3) is 6.32. The first-order valence-corrected chi connectivity index (χ1v) is 4.41. The summed E-state index contributed by atoms with van der Waals surface area (Å²) in [6.07, 6.45) is 3.77. The van der Waals surface area contributed by atoms with Gasteiger partial charge in [0.25, 0.3) is 0 Å². The van der Waals surface area contributed by atoms with Gasteiger partial charge in [0.1, 0.15) is 0 Å². The standard InChI is InChI=1S/C9H12N2O4/c1-15-9(14)8(5-11-7-13)3-2-4-10-6-12/h8H,2-5H2,1H3. The molecular formula is C9H12N2O4. The summed E-state index contributed by atoms with van der Waals surface area (Å²) in [5.74, 6) is -0.901. The van der Waals surface area contributed by atoms with Crippen molar-refractivity contribution in [2.24, 2.45) is 15.9 Å². The van der Waals surface area contributed by atoms with Gasteiger partial charge in [-0.3, -0.25) is 4.79 Å². The number of carbonyl (C=O) groups is 1. The van der Waals surface area contributed by atoms with Crippen molar-refractivity contribution in [3.8, 4) is 0 Å². The van der Waals surface area contributed by atoms with Gasteiger partial charge in [0.15, 0.2) is 0 Å². The van der Waals surface area contributed by atoms with Gasteiger partial charge in [-0.1, -0.05) is 0 Å². The van der Waals surface area contributed by atoms with E-state index in [1.165, 1.54) is 19.3 Å². The first-order valence-electron chi connectivity index (χ1n) is 4.41. The van der Waals surface area contributed by atoms with Crippen LogP contribution in [-0.2, 0) is 19.1 Å². The van der Waals surface area contributed by atoms with E-state index in [9.17, 15) is 14.4 Å². The van der Waals surface area contributed by atoms with Crippen LogP contribution in [0.2, 0.25) is 0 Å². The van der Waals surface area contributed by atoms with E-state index in [2.05, 4.69) is 14.7 Å². The number of methoxy groups -OCH3 is 1. The van der Waals surface area contributed by atoms with Crippen molar-refractivity contribution in [3.63, 3.8) is 0 Å². The van der Waals surface area contributed by atoms with Crippen LogP contribution < -0.4 is 0 Å². The predicted octanol–water partition coefficient (Wildman–Crippen LogP) is 0.227. The van der Waals surface area contributed by atoms with Gasteiger partial charge in [-0.25, -0.2) is 19.6 Å². The maximum absolute atomic E-state index is 11.2. The molecule has 0 aliphatic heterocycles. The maximum atomic E-state index is 11.2. The number of ether oxygens (including phenoxy) is 1. The van der Waals surface area contributed by atoms with Crippen molar-refractivity contribution in [1.82, 2.24) is 0 Å². The van der Waals surface area contributed by atoms with Crippen molar-refractivity contribution >= 4 is 18.1 Å². The summed E-state index contributed by atoms with van der Waals surface area (Å²) in [5, 5.41) is 0. The molecule has 1 unspecified atom stereocenters. The van der Waals surface area contributed by atoms with Crippen LogP contribution in [0.15, 0.2) is 9.98 Å². The van der Waals surface area contributed by atoms with Gasteiger partial charge < -0.3 is 4.74 Å². The zero-order valence-corrected chi connectivity index (χ0v) is 8.43. The smallest absolute Gasteiger partial charge is 0.310 e. The molecule has 6 nitrogen and oxygen atoms in total. The molecule has 0 aromatic rings. The molecule has 0 rings (SSSR count). The van der Waals surface area contributed by atoms with Gasteiger partial charge in [-0.2, -0.15) is 0 Å². The van der Waals surface area contributed by atoms with E-state index in [1.54, 1.807) is 0 Å². The monoisotopic (exact) mass is 212 g/mol. The third-order valence-corrected chi connectivity index (χ3v) is 1.80. The second-order valence-electron chi connectivity index (χ2n) is 2.77. The normalized spacial score (nSPS) is 10.7. The van der Waals surface area contributed by atoms with E-state index in [1.807, 2.05) is 0 Å². The van der Waals surface area contributed by atoms with Crippen LogP contribution in [-0.4, -0.2) is 38.3 Å². The molecule has 82 valence electrons. The molecule has 0 spiro atoms. The van der Waals surface area contributed by atoms with Gasteiger partial charge in [-0.05, 0) is 12.8 Å². The summed E-state index contributed by atoms with van der Waals surface area (Å²) < 4.78 is 4.53. The number of isocyanates is 2. The average Bonchev–Trinajstić information content (AvgIpc) is 2.27. The Balaban J connectivity index is 4.05. The van der Waals surface area contributed by atoms with Gasteiger partial charge in [-0.15, -0.1) is 0 Å². The molecule has 0 aromatic carbocycles. The van der Waals surface area contributed by atoms with Crippen molar-refractivity contribution in [1.29, 1.82) is 0 Å². The molecule has 1 atom stereocenters. The highest BCUT2D eigenvalue weighted by molar-refractivity contribution is 5.72. The lowest BCUT2D eigenvalue weighted by atomic mass is 10.0. The highest BCUT2D eigenvalue weighted by atomic mass is 16.5. The highest BCUT2D eigenvalue weighted by Gasteiger charge is 2.17. The summed E-state index contributed by atoms with van der Waals surface area (Å²) in [6, 6.07) is 0. The van der Waals surface area contributed by atoms with Crippen molar-refractivity contribution in [2.45, 2.75) is 12.8 Å². The van der Waals surface area contributed by atoms with Crippen LogP contribution in [0.5, 0.6) is 0 Å². The Morgan fingerprint density at radius 2 is 2.00 bits per heavy atom. The topological polar surface area (TPSA) is 85.2 Å². The number of hydrogen-bond donors (Lipinski definition) is 0. The summed E-state index contributed by atoms with van der Waals surface area (Å²) in [4.78, 5) is 37.5. The van der Waals surface area contributed by atoms with E-state index < -0.39 is 11.9 Å². The number of nitrogens with zero attached hydrogens (tertiary/aromatic N) is 2. The summed E-state index contributed by atoms with van der Waals surface area (Å²) in [5.41, 5.74) is 0. The van der Waals surface area contributed by atoms with Gasteiger partial charge in [0, 0.05) is 0 Å². The van der Waals surface area contributed by atoms with E-state index in [4.69, 9.17) is 0 Å². The largest absolute Gasteiger partial charge is 0.469 e. The molecule has 0 bridgehead atoms. The molecule has 0 saturated carbocycles. The quantitative estimate of drug-likeness (QED) is 0.261. The van der Waals surface area contributed by atoms with Crippen LogP contribution in [0.1, 0.15) is 12.8 Å². The molecular weight excluding hydrogens is 200 g/mol. The molecule has 0 heterocycles. The second kappa shape index (κ2) is 8.81. The van der Waals surface area contributed by atoms with Gasteiger partial charge >= 0.3 is 5.97 Å². The molecule has 0 fully saturated rings. The number of aliphatic imine (C=N–C) groups is 2. The third-order valence-electron chi connectivity index (χ3n) is 1.80. The lowest BCUT2D eigenvalue weighted by molar-refractivity contribution is -0.145. The van der Waals surface area contributed by atoms with Crippen LogP contribution in [0.25, 0.3) is 0 Å². The molecule has 0 amide bonds. The highest BCUT2D eigenvalue weighted by Crippen LogP contribution is 2.09. The van der Waals surface area contributed by atoms with Gasteiger partial charge in [0.05, 0.1) is 26.1 Å². The van der Waals surface area contributed by atoms with E-state index in [0.29, 0.717) is 19.4 Å². The van der Waals surface area contributed by atoms with Crippen LogP contribution >= 0.6 is 0 Å². The summed E-state index contributed by atoms with van der Waals surface area (Å²) in [6.45, 7) is 0.364. The summed E-state index contributed by atoms with van der Waals surface area (Å²) in [7, 11) is 1.27. The van der Waals surface area contributed by atoms with Gasteiger partial charge in [0.2, 0.25) is 12.2 Å². The van der Waals surface area contributed by atoms with E-state index >= 15 is 0 Å². The van der Waals surface area contributed by atoms with Crippen molar-refractivity contribution in [3.05, 3.63) is 0 Å². The van der Waals surface area contributed by atoms with Crippen molar-refractivity contribution in [2.75, 3.05) is 20.2 Å². The molecule has 6 heteroatoms. The zero-order chi connectivity index (χ0) is 11.5. The van der Waals surface area contributed by atoms with Crippen LogP contribution in [0.4, 0.5) is 0 Å². The number of esters is 1. The minimum absolute atomic E-state index is 0.0565. The Bertz CT molecular complexity index is 290. The first kappa shape index (κ1) is 13.2. The minimum Gasteiger partial charge on any atom is -0.469 e. The Labute approximate surface area is 87.0 Å². The van der Waals surface area contributed by atoms with E-state index in [-0.39, 0.29) is 6.54 Å². The van der Waals surface area contributed by atoms with E-state index in [0.717, 1.165) is 0 Å². The molecule has 0 saturated heterocycles. The zero-order valence-electron chi connectivity index (χ0n) is 8.43. The molecule has 0 N–H and O–H groups in total. The lowest BCUT2D eigenvalue weighted by Gasteiger charge is -2.09. The minimum atomic E-state index is -0.474. The fraction of sp³-hybridized carbons (Fsp3) is 0.667. The maximum Gasteiger partial charge on any atom is 0.310 e. The first-order chi connectivity index (χ1) is 7.26. The second-order valence-corrected chi connectivity index (χ2v) is 2.77. The fourth-order valence-corrected chi connectivity index (χ4v) is 1.06. The predicted molar refractivity (Wildman–Crippen MR) is 50.7 cm³/mol. The van der Waals surface area contributed by atoms with Crippen LogP contribution in [0, 0.1) is 5.92 Å². The number of rotatable bonds is 7. The molecule has 0 radical (unpaired) electrons.